The van der Waals surface area contributed by atoms with Gasteiger partial charge >= 0.3 is 5.97 Å². The first-order valence-electron chi connectivity index (χ1n) is 11.7. The zero-order valence-corrected chi connectivity index (χ0v) is 20.4. The standard InChI is InChI=1S/C22H37ClN2O9/c23-7-3-1-2-4-9-31-11-13-33-15-16-34-14-12-32-10-8-24-19(26)17-18(22(29)30)25-20(27)5-6-21(25)28/h18H,1-17H2,(H,24,26)(H,29,30). The molecule has 0 radical (unpaired) electrons. The number of hydrogen-bond acceptors (Lipinski definition) is 8. The quantitative estimate of drug-likeness (QED) is 0.124. The number of aliphatic carboxylic acids is 1. The van der Waals surface area contributed by atoms with Gasteiger partial charge in [-0.05, 0) is 12.8 Å². The Morgan fingerprint density at radius 3 is 1.85 bits per heavy atom. The van der Waals surface area contributed by atoms with Crippen LogP contribution in [0.4, 0.5) is 0 Å². The average Bonchev–Trinajstić information content (AvgIpc) is 3.14. The number of halogens is 1. The van der Waals surface area contributed by atoms with Crippen molar-refractivity contribution in [1.29, 1.82) is 0 Å². The van der Waals surface area contributed by atoms with E-state index in [0.717, 1.165) is 32.3 Å². The molecule has 1 saturated heterocycles. The largest absolute Gasteiger partial charge is 0.480 e. The van der Waals surface area contributed by atoms with Crippen molar-refractivity contribution in [3.05, 3.63) is 0 Å². The van der Waals surface area contributed by atoms with Crippen molar-refractivity contribution < 1.29 is 43.2 Å². The second-order valence-electron chi connectivity index (χ2n) is 7.62. The van der Waals surface area contributed by atoms with Gasteiger partial charge in [0.15, 0.2) is 0 Å². The predicted octanol–water partition coefficient (Wildman–Crippen LogP) is 0.961. The van der Waals surface area contributed by atoms with Crippen molar-refractivity contribution in [2.24, 2.45) is 0 Å². The molecule has 11 nitrogen and oxygen atoms in total. The first-order chi connectivity index (χ1) is 16.5. The first-order valence-corrected chi connectivity index (χ1v) is 12.2. The van der Waals surface area contributed by atoms with E-state index in [4.69, 9.17) is 30.5 Å². The van der Waals surface area contributed by atoms with Gasteiger partial charge in [-0.25, -0.2) is 4.79 Å². The van der Waals surface area contributed by atoms with Gasteiger partial charge in [0.25, 0.3) is 0 Å². The monoisotopic (exact) mass is 508 g/mol. The molecule has 0 bridgehead atoms. The smallest absolute Gasteiger partial charge is 0.327 e. The third kappa shape index (κ3) is 13.8. The lowest BCUT2D eigenvalue weighted by Crippen LogP contribution is -2.47. The number of hydrogen-bond donors (Lipinski definition) is 2. The van der Waals surface area contributed by atoms with E-state index in [1.807, 2.05) is 0 Å². The molecule has 0 aromatic heterocycles. The summed E-state index contributed by atoms with van der Waals surface area (Å²) in [5, 5.41) is 11.8. The summed E-state index contributed by atoms with van der Waals surface area (Å²) < 4.78 is 21.6. The number of unbranched alkanes of at least 4 members (excludes halogenated alkanes) is 3. The lowest BCUT2D eigenvalue weighted by molar-refractivity contribution is -0.155. The van der Waals surface area contributed by atoms with E-state index in [1.54, 1.807) is 0 Å². The highest BCUT2D eigenvalue weighted by Crippen LogP contribution is 2.17. The Morgan fingerprint density at radius 1 is 0.824 bits per heavy atom. The summed E-state index contributed by atoms with van der Waals surface area (Å²) in [4.78, 5) is 47.4. The number of imide groups is 1. The topological polar surface area (TPSA) is 141 Å². The highest BCUT2D eigenvalue weighted by atomic mass is 35.5. The van der Waals surface area contributed by atoms with Gasteiger partial charge in [-0.15, -0.1) is 11.6 Å². The molecule has 1 fully saturated rings. The molecule has 0 aromatic carbocycles. The second kappa shape index (κ2) is 19.5. The molecule has 1 heterocycles. The van der Waals surface area contributed by atoms with Gasteiger partial charge in [-0.2, -0.15) is 0 Å². The van der Waals surface area contributed by atoms with Crippen LogP contribution in [0.3, 0.4) is 0 Å². The number of amides is 3. The molecule has 0 aliphatic carbocycles. The lowest BCUT2D eigenvalue weighted by Gasteiger charge is -2.21. The van der Waals surface area contributed by atoms with Gasteiger partial charge < -0.3 is 29.4 Å². The fourth-order valence-corrected chi connectivity index (χ4v) is 3.34. The van der Waals surface area contributed by atoms with Gasteiger partial charge in [-0.1, -0.05) is 12.8 Å². The van der Waals surface area contributed by atoms with E-state index in [9.17, 15) is 24.3 Å². The van der Waals surface area contributed by atoms with E-state index in [-0.39, 0.29) is 26.0 Å². The molecule has 1 rings (SSSR count). The van der Waals surface area contributed by atoms with E-state index in [0.29, 0.717) is 50.4 Å². The van der Waals surface area contributed by atoms with Gasteiger partial charge in [0, 0.05) is 31.9 Å². The van der Waals surface area contributed by atoms with E-state index >= 15 is 0 Å². The van der Waals surface area contributed by atoms with Crippen molar-refractivity contribution in [2.75, 3.05) is 65.3 Å². The molecule has 2 N–H and O–H groups in total. The number of carbonyl (C=O) groups is 4. The zero-order chi connectivity index (χ0) is 25.0. The Morgan fingerprint density at radius 2 is 1.32 bits per heavy atom. The maximum absolute atomic E-state index is 12.0. The van der Waals surface area contributed by atoms with Gasteiger partial charge in [0.05, 0.1) is 52.7 Å². The summed E-state index contributed by atoms with van der Waals surface area (Å²) in [7, 11) is 0. The Kier molecular flexibility index (Phi) is 17.4. The molecule has 0 spiro atoms. The SMILES string of the molecule is O=C(CC(C(=O)O)N1C(=O)CCC1=O)NCCOCCOCCOCCOCCCCCCCl. The Hall–Kier alpha value is -1.79. The van der Waals surface area contributed by atoms with Crippen LogP contribution in [0.25, 0.3) is 0 Å². The molecular formula is C22H37ClN2O9. The summed E-state index contributed by atoms with van der Waals surface area (Å²) in [6, 6.07) is -1.49. The number of rotatable bonds is 22. The fraction of sp³-hybridized carbons (Fsp3) is 0.818. The number of carboxylic acids is 1. The van der Waals surface area contributed by atoms with Crippen LogP contribution in [-0.2, 0) is 38.1 Å². The van der Waals surface area contributed by atoms with Crippen LogP contribution < -0.4 is 5.32 Å². The maximum atomic E-state index is 12.0. The minimum Gasteiger partial charge on any atom is -0.480 e. The zero-order valence-electron chi connectivity index (χ0n) is 19.6. The van der Waals surface area contributed by atoms with Crippen LogP contribution in [0, 0.1) is 0 Å². The van der Waals surface area contributed by atoms with Crippen LogP contribution in [-0.4, -0.2) is 105 Å². The van der Waals surface area contributed by atoms with E-state index < -0.39 is 36.2 Å². The van der Waals surface area contributed by atoms with Crippen molar-refractivity contribution in [1.82, 2.24) is 10.2 Å². The Bertz CT molecular complexity index is 605. The summed E-state index contributed by atoms with van der Waals surface area (Å²) in [6.07, 6.45) is 3.80. The number of ether oxygens (including phenoxy) is 4. The molecule has 0 aromatic rings. The Labute approximate surface area is 205 Å². The van der Waals surface area contributed by atoms with Crippen molar-refractivity contribution in [2.45, 2.75) is 51.0 Å². The second-order valence-corrected chi connectivity index (χ2v) is 8.00. The normalized spacial score (nSPS) is 14.6. The van der Waals surface area contributed by atoms with Gasteiger partial charge in [0.2, 0.25) is 17.7 Å². The molecule has 1 unspecified atom stereocenters. The third-order valence-electron chi connectivity index (χ3n) is 4.92. The number of nitrogens with one attached hydrogen (secondary N) is 1. The molecule has 12 heteroatoms. The molecule has 196 valence electrons. The highest BCUT2D eigenvalue weighted by Gasteiger charge is 2.39. The molecule has 0 saturated carbocycles. The van der Waals surface area contributed by atoms with Crippen molar-refractivity contribution in [3.8, 4) is 0 Å². The van der Waals surface area contributed by atoms with Crippen LogP contribution in [0.5, 0.6) is 0 Å². The molecular weight excluding hydrogens is 472 g/mol. The summed E-state index contributed by atoms with van der Waals surface area (Å²) >= 11 is 5.62. The number of carbonyl (C=O) groups excluding carboxylic acids is 3. The van der Waals surface area contributed by atoms with Gasteiger partial charge in [0.1, 0.15) is 6.04 Å². The highest BCUT2D eigenvalue weighted by molar-refractivity contribution is 6.17. The molecule has 1 aliphatic heterocycles. The molecule has 34 heavy (non-hydrogen) atoms. The average molecular weight is 509 g/mol. The van der Waals surface area contributed by atoms with Crippen LogP contribution >= 0.6 is 11.6 Å². The molecule has 1 aliphatic rings. The predicted molar refractivity (Wildman–Crippen MR) is 123 cm³/mol. The summed E-state index contributed by atoms with van der Waals surface area (Å²) in [6.45, 7) is 3.79. The van der Waals surface area contributed by atoms with Crippen molar-refractivity contribution in [3.63, 3.8) is 0 Å². The number of alkyl halides is 1. The third-order valence-corrected chi connectivity index (χ3v) is 5.19. The van der Waals surface area contributed by atoms with E-state index in [2.05, 4.69) is 5.32 Å². The number of nitrogens with zero attached hydrogens (tertiary/aromatic N) is 1. The van der Waals surface area contributed by atoms with E-state index in [1.165, 1.54) is 0 Å². The molecule has 1 atom stereocenters. The number of likely N-dealkylation sites (tertiary alicyclic amines) is 1. The van der Waals surface area contributed by atoms with Crippen LogP contribution in [0.2, 0.25) is 0 Å². The van der Waals surface area contributed by atoms with Crippen molar-refractivity contribution >= 4 is 35.3 Å². The maximum Gasteiger partial charge on any atom is 0.327 e. The van der Waals surface area contributed by atoms with Crippen LogP contribution in [0.1, 0.15) is 44.9 Å². The fourth-order valence-electron chi connectivity index (χ4n) is 3.15. The minimum atomic E-state index is -1.49. The summed E-state index contributed by atoms with van der Waals surface area (Å²) in [5.41, 5.74) is 0. The lowest BCUT2D eigenvalue weighted by atomic mass is 10.1. The first kappa shape index (κ1) is 30.2. The number of carboxylic acid groups (broad SMARTS) is 1. The minimum absolute atomic E-state index is 0.0310. The molecule has 3 amide bonds. The van der Waals surface area contributed by atoms with Crippen LogP contribution in [0.15, 0.2) is 0 Å². The van der Waals surface area contributed by atoms with Gasteiger partial charge in [-0.3, -0.25) is 19.3 Å². The summed E-state index contributed by atoms with van der Waals surface area (Å²) in [5.74, 6) is -2.40. The Balaban J connectivity index is 1.91.